The minimum Gasteiger partial charge on any atom is -0.453 e. The first-order valence-corrected chi connectivity index (χ1v) is 8.38. The summed E-state index contributed by atoms with van der Waals surface area (Å²) in [5.41, 5.74) is 0.404. The largest absolute Gasteiger partial charge is 0.453 e. The molecule has 2 aromatic rings. The number of ether oxygens (including phenoxy) is 1. The predicted molar refractivity (Wildman–Crippen MR) is 88.3 cm³/mol. The maximum atomic E-state index is 12.5. The van der Waals surface area contributed by atoms with Crippen molar-refractivity contribution in [3.63, 3.8) is 0 Å². The molecule has 0 spiro atoms. The summed E-state index contributed by atoms with van der Waals surface area (Å²) >= 11 is 1.53. The molecule has 0 radical (unpaired) electrons. The maximum absolute atomic E-state index is 12.5. The summed E-state index contributed by atoms with van der Waals surface area (Å²) < 4.78 is 42.5. The molecule has 8 heteroatoms. The number of anilines is 1. The van der Waals surface area contributed by atoms with Crippen molar-refractivity contribution in [2.75, 3.05) is 5.32 Å². The fourth-order valence-electron chi connectivity index (χ4n) is 1.98. The van der Waals surface area contributed by atoms with Gasteiger partial charge in [0.05, 0.1) is 5.56 Å². The highest BCUT2D eigenvalue weighted by molar-refractivity contribution is 7.07. The molecule has 0 saturated heterocycles. The van der Waals surface area contributed by atoms with E-state index in [2.05, 4.69) is 5.32 Å². The zero-order valence-corrected chi connectivity index (χ0v) is 14.1. The van der Waals surface area contributed by atoms with E-state index < -0.39 is 29.7 Å². The van der Waals surface area contributed by atoms with Crippen LogP contribution in [0.15, 0.2) is 41.1 Å². The molecule has 1 amide bonds. The number of nitrogens with one attached hydrogen (secondary N) is 1. The SMILES string of the molecule is C[C@@H](OC(=O)CCc1ccsc1)C(=O)Nc1ccc(C(F)(F)F)cc1. The normalized spacial score (nSPS) is 12.5. The molecule has 0 aliphatic rings. The van der Waals surface area contributed by atoms with Gasteiger partial charge < -0.3 is 10.1 Å². The summed E-state index contributed by atoms with van der Waals surface area (Å²) in [5.74, 6) is -1.12. The first-order chi connectivity index (χ1) is 11.8. The van der Waals surface area contributed by atoms with Crippen molar-refractivity contribution in [3.05, 3.63) is 52.2 Å². The van der Waals surface area contributed by atoms with E-state index in [1.165, 1.54) is 18.3 Å². The molecule has 1 aromatic carbocycles. The Morgan fingerprint density at radius 3 is 2.44 bits per heavy atom. The molecule has 1 aromatic heterocycles. The van der Waals surface area contributed by atoms with Crippen LogP contribution >= 0.6 is 11.3 Å². The Kier molecular flexibility index (Phi) is 6.19. The Balaban J connectivity index is 1.82. The Morgan fingerprint density at radius 1 is 1.20 bits per heavy atom. The predicted octanol–water partition coefficient (Wildman–Crippen LogP) is 4.27. The molecule has 0 fully saturated rings. The third-order valence-corrected chi connectivity index (χ3v) is 4.09. The Bertz CT molecular complexity index is 712. The van der Waals surface area contributed by atoms with Gasteiger partial charge in [0.2, 0.25) is 0 Å². The number of benzene rings is 1. The van der Waals surface area contributed by atoms with E-state index in [1.54, 1.807) is 0 Å². The van der Waals surface area contributed by atoms with Gasteiger partial charge in [-0.25, -0.2) is 0 Å². The highest BCUT2D eigenvalue weighted by Crippen LogP contribution is 2.29. The van der Waals surface area contributed by atoms with Gasteiger partial charge in [-0.3, -0.25) is 9.59 Å². The number of thiophene rings is 1. The average Bonchev–Trinajstić information content (AvgIpc) is 3.06. The van der Waals surface area contributed by atoms with E-state index in [-0.39, 0.29) is 12.1 Å². The number of alkyl halides is 3. The summed E-state index contributed by atoms with van der Waals surface area (Å²) in [4.78, 5) is 23.7. The van der Waals surface area contributed by atoms with Gasteiger partial charge in [0.1, 0.15) is 0 Å². The number of carbonyl (C=O) groups is 2. The first-order valence-electron chi connectivity index (χ1n) is 7.44. The molecule has 0 aliphatic heterocycles. The maximum Gasteiger partial charge on any atom is 0.416 e. The fraction of sp³-hybridized carbons (Fsp3) is 0.294. The average molecular weight is 371 g/mol. The van der Waals surface area contributed by atoms with Crippen LogP contribution in [0, 0.1) is 0 Å². The van der Waals surface area contributed by atoms with Crippen LogP contribution in [-0.4, -0.2) is 18.0 Å². The molecule has 0 unspecified atom stereocenters. The minimum absolute atomic E-state index is 0.147. The van der Waals surface area contributed by atoms with E-state index in [9.17, 15) is 22.8 Å². The van der Waals surface area contributed by atoms with Crippen molar-refractivity contribution in [2.24, 2.45) is 0 Å². The highest BCUT2D eigenvalue weighted by atomic mass is 32.1. The van der Waals surface area contributed by atoms with Gasteiger partial charge in [0.25, 0.3) is 5.91 Å². The number of hydrogen-bond donors (Lipinski definition) is 1. The fourth-order valence-corrected chi connectivity index (χ4v) is 2.68. The van der Waals surface area contributed by atoms with Crippen LogP contribution in [0.25, 0.3) is 0 Å². The molecule has 1 N–H and O–H groups in total. The van der Waals surface area contributed by atoms with E-state index in [0.29, 0.717) is 6.42 Å². The summed E-state index contributed by atoms with van der Waals surface area (Å²) in [6.45, 7) is 1.40. The zero-order valence-electron chi connectivity index (χ0n) is 13.3. The van der Waals surface area contributed by atoms with Crippen LogP contribution in [0.3, 0.4) is 0 Å². The minimum atomic E-state index is -4.44. The number of carbonyl (C=O) groups excluding carboxylic acids is 2. The summed E-state index contributed by atoms with van der Waals surface area (Å²) in [7, 11) is 0. The second-order valence-electron chi connectivity index (χ2n) is 5.33. The third-order valence-electron chi connectivity index (χ3n) is 3.36. The van der Waals surface area contributed by atoms with Crippen LogP contribution in [0.2, 0.25) is 0 Å². The Hall–Kier alpha value is -2.35. The summed E-state index contributed by atoms with van der Waals surface area (Å²) in [5, 5.41) is 6.24. The molecule has 2 rings (SSSR count). The molecule has 25 heavy (non-hydrogen) atoms. The lowest BCUT2D eigenvalue weighted by atomic mass is 10.2. The van der Waals surface area contributed by atoms with Gasteiger partial charge >= 0.3 is 12.1 Å². The van der Waals surface area contributed by atoms with Crippen molar-refractivity contribution in [1.29, 1.82) is 0 Å². The van der Waals surface area contributed by atoms with Gasteiger partial charge in [-0.1, -0.05) is 0 Å². The lowest BCUT2D eigenvalue weighted by Crippen LogP contribution is -2.30. The van der Waals surface area contributed by atoms with Gasteiger partial charge in [0, 0.05) is 12.1 Å². The van der Waals surface area contributed by atoms with Crippen LogP contribution in [0.4, 0.5) is 18.9 Å². The standard InChI is InChI=1S/C17H16F3NO3S/c1-11(24-15(22)7-2-12-8-9-25-10-12)16(23)21-14-5-3-13(4-6-14)17(18,19)20/h3-6,8-11H,2,7H2,1H3,(H,21,23)/t11-/m1/s1. The van der Waals surface area contributed by atoms with Crippen LogP contribution < -0.4 is 5.32 Å². The van der Waals surface area contributed by atoms with Crippen molar-refractivity contribution < 1.29 is 27.5 Å². The molecule has 1 atom stereocenters. The quantitative estimate of drug-likeness (QED) is 0.772. The first kappa shape index (κ1) is 19.0. The van der Waals surface area contributed by atoms with Gasteiger partial charge in [-0.05, 0) is 60.0 Å². The number of amides is 1. The molecular weight excluding hydrogens is 355 g/mol. The number of aryl methyl sites for hydroxylation is 1. The lowest BCUT2D eigenvalue weighted by molar-refractivity contribution is -0.153. The van der Waals surface area contributed by atoms with E-state index in [1.807, 2.05) is 16.8 Å². The lowest BCUT2D eigenvalue weighted by Gasteiger charge is -2.14. The third kappa shape index (κ3) is 5.90. The monoisotopic (exact) mass is 371 g/mol. The van der Waals surface area contributed by atoms with E-state index in [4.69, 9.17) is 4.74 Å². The van der Waals surface area contributed by atoms with Crippen LogP contribution in [0.1, 0.15) is 24.5 Å². The summed E-state index contributed by atoms with van der Waals surface area (Å²) in [6.07, 6.45) is -4.81. The summed E-state index contributed by atoms with van der Waals surface area (Å²) in [6, 6.07) is 5.93. The van der Waals surface area contributed by atoms with Crippen LogP contribution in [-0.2, 0) is 26.9 Å². The van der Waals surface area contributed by atoms with Crippen LogP contribution in [0.5, 0.6) is 0 Å². The number of esters is 1. The van der Waals surface area contributed by atoms with Gasteiger partial charge in [-0.15, -0.1) is 0 Å². The Labute approximate surface area is 146 Å². The van der Waals surface area contributed by atoms with Crippen molar-refractivity contribution in [2.45, 2.75) is 32.0 Å². The van der Waals surface area contributed by atoms with Crippen molar-refractivity contribution >= 4 is 28.9 Å². The second-order valence-corrected chi connectivity index (χ2v) is 6.11. The molecular formula is C17H16F3NO3S. The topological polar surface area (TPSA) is 55.4 Å². The zero-order chi connectivity index (χ0) is 18.4. The van der Waals surface area contributed by atoms with Crippen molar-refractivity contribution in [3.8, 4) is 0 Å². The number of rotatable bonds is 6. The Morgan fingerprint density at radius 2 is 1.88 bits per heavy atom. The molecule has 0 saturated carbocycles. The smallest absolute Gasteiger partial charge is 0.416 e. The van der Waals surface area contributed by atoms with E-state index in [0.717, 1.165) is 29.8 Å². The number of hydrogen-bond acceptors (Lipinski definition) is 4. The highest BCUT2D eigenvalue weighted by Gasteiger charge is 2.30. The molecule has 0 aliphatic carbocycles. The number of halogens is 3. The van der Waals surface area contributed by atoms with Gasteiger partial charge in [-0.2, -0.15) is 24.5 Å². The molecule has 0 bridgehead atoms. The van der Waals surface area contributed by atoms with Crippen molar-refractivity contribution in [1.82, 2.24) is 0 Å². The van der Waals surface area contributed by atoms with Gasteiger partial charge in [0.15, 0.2) is 6.10 Å². The van der Waals surface area contributed by atoms with E-state index >= 15 is 0 Å². The molecule has 1 heterocycles. The molecule has 134 valence electrons. The molecule has 4 nitrogen and oxygen atoms in total. The second kappa shape index (κ2) is 8.15.